The number of hydrogen-bond donors (Lipinski definition) is 1. The molecule has 1 N–H and O–H groups in total. The van der Waals surface area contributed by atoms with E-state index in [9.17, 15) is 28.3 Å². The lowest BCUT2D eigenvalue weighted by Crippen LogP contribution is -2.42. The van der Waals surface area contributed by atoms with Crippen LogP contribution >= 0.6 is 0 Å². The molecule has 1 unspecified atom stereocenters. The molecule has 35 heavy (non-hydrogen) atoms. The van der Waals surface area contributed by atoms with Crippen LogP contribution in [0, 0.1) is 11.6 Å². The van der Waals surface area contributed by atoms with Gasteiger partial charge >= 0.3 is 5.97 Å². The maximum absolute atomic E-state index is 14.4. The van der Waals surface area contributed by atoms with Gasteiger partial charge in [-0.25, -0.2) is 13.6 Å². The van der Waals surface area contributed by atoms with Gasteiger partial charge in [-0.1, -0.05) is 30.3 Å². The van der Waals surface area contributed by atoms with Crippen molar-refractivity contribution in [3.05, 3.63) is 89.5 Å². The van der Waals surface area contributed by atoms with Crippen molar-refractivity contribution in [1.82, 2.24) is 4.90 Å². The first-order valence-corrected chi connectivity index (χ1v) is 11.1. The van der Waals surface area contributed by atoms with Crippen molar-refractivity contribution in [3.8, 4) is 16.9 Å². The predicted molar refractivity (Wildman–Crippen MR) is 124 cm³/mol. The number of hydrogen-bond acceptors (Lipinski definition) is 4. The minimum Gasteiger partial charge on any atom is -0.484 e. The van der Waals surface area contributed by atoms with Crippen molar-refractivity contribution in [1.29, 1.82) is 0 Å². The molecule has 1 saturated heterocycles. The number of Topliss-reactive ketones (excluding diaryl/α,β-unsaturated/α-hetero) is 1. The Morgan fingerprint density at radius 1 is 0.971 bits per heavy atom. The van der Waals surface area contributed by atoms with E-state index in [1.807, 2.05) is 0 Å². The van der Waals surface area contributed by atoms with Gasteiger partial charge in [-0.3, -0.25) is 9.59 Å². The Bertz CT molecular complexity index is 1280. The van der Waals surface area contributed by atoms with E-state index in [0.29, 0.717) is 41.8 Å². The molecule has 6 nitrogen and oxygen atoms in total. The molecule has 8 heteroatoms. The normalized spacial score (nSPS) is 15.1. The summed E-state index contributed by atoms with van der Waals surface area (Å²) in [7, 11) is 0. The lowest BCUT2D eigenvalue weighted by molar-refractivity contribution is -0.148. The SMILES string of the molecule is O=C(Cc1cccc(OCC(=O)N2CCCC2C(=O)O)c1)c1cc(-c2cccc(F)c2)ccc1F. The van der Waals surface area contributed by atoms with Crippen molar-refractivity contribution >= 4 is 17.7 Å². The lowest BCUT2D eigenvalue weighted by atomic mass is 9.97. The van der Waals surface area contributed by atoms with E-state index in [0.717, 1.165) is 0 Å². The summed E-state index contributed by atoms with van der Waals surface area (Å²) in [5, 5.41) is 9.24. The molecule has 3 aromatic carbocycles. The van der Waals surface area contributed by atoms with Gasteiger partial charge in [0.25, 0.3) is 5.91 Å². The third-order valence-electron chi connectivity index (χ3n) is 5.91. The largest absolute Gasteiger partial charge is 0.484 e. The fourth-order valence-electron chi connectivity index (χ4n) is 4.16. The summed E-state index contributed by atoms with van der Waals surface area (Å²) >= 11 is 0. The number of aliphatic carboxylic acids is 1. The molecule has 180 valence electrons. The zero-order valence-electron chi connectivity index (χ0n) is 18.7. The third-order valence-corrected chi connectivity index (χ3v) is 5.91. The van der Waals surface area contributed by atoms with Gasteiger partial charge in [0.15, 0.2) is 12.4 Å². The number of carbonyl (C=O) groups excluding carboxylic acids is 2. The third kappa shape index (κ3) is 5.71. The number of ketones is 1. The molecule has 0 aromatic heterocycles. The molecule has 0 saturated carbocycles. The molecule has 1 aliphatic heterocycles. The lowest BCUT2D eigenvalue weighted by Gasteiger charge is -2.21. The number of amides is 1. The monoisotopic (exact) mass is 479 g/mol. The fraction of sp³-hybridized carbons (Fsp3) is 0.222. The highest BCUT2D eigenvalue weighted by Gasteiger charge is 2.34. The van der Waals surface area contributed by atoms with Gasteiger partial charge in [0.1, 0.15) is 23.4 Å². The molecule has 1 fully saturated rings. The number of likely N-dealkylation sites (tertiary alicyclic amines) is 1. The van der Waals surface area contributed by atoms with Crippen LogP contribution in [0.2, 0.25) is 0 Å². The number of carboxylic acid groups (broad SMARTS) is 1. The molecule has 1 aliphatic rings. The average Bonchev–Trinajstić information content (AvgIpc) is 3.34. The smallest absolute Gasteiger partial charge is 0.326 e. The van der Waals surface area contributed by atoms with Crippen LogP contribution in [0.5, 0.6) is 5.75 Å². The zero-order chi connectivity index (χ0) is 24.9. The first kappa shape index (κ1) is 24.1. The second kappa shape index (κ2) is 10.5. The summed E-state index contributed by atoms with van der Waals surface area (Å²) in [5.74, 6) is -2.69. The molecule has 1 heterocycles. The van der Waals surface area contributed by atoms with Crippen molar-refractivity contribution in [3.63, 3.8) is 0 Å². The Morgan fingerprint density at radius 2 is 1.74 bits per heavy atom. The van der Waals surface area contributed by atoms with Crippen LogP contribution < -0.4 is 4.74 Å². The number of nitrogens with zero attached hydrogens (tertiary/aromatic N) is 1. The number of halogens is 2. The highest BCUT2D eigenvalue weighted by Crippen LogP contribution is 2.25. The Hall–Kier alpha value is -4.07. The molecule has 4 rings (SSSR count). The van der Waals surface area contributed by atoms with Crippen molar-refractivity contribution in [2.75, 3.05) is 13.2 Å². The minimum absolute atomic E-state index is 0.109. The summed E-state index contributed by atoms with van der Waals surface area (Å²) in [6.07, 6.45) is 0.925. The van der Waals surface area contributed by atoms with Gasteiger partial charge < -0.3 is 14.7 Å². The topological polar surface area (TPSA) is 83.9 Å². The molecular formula is C27H23F2NO5. The van der Waals surface area contributed by atoms with Crippen LogP contribution in [0.4, 0.5) is 8.78 Å². The second-order valence-electron chi connectivity index (χ2n) is 8.32. The van der Waals surface area contributed by atoms with E-state index in [1.54, 1.807) is 30.3 Å². The Balaban J connectivity index is 1.43. The molecule has 3 aromatic rings. The van der Waals surface area contributed by atoms with E-state index >= 15 is 0 Å². The van der Waals surface area contributed by atoms with Crippen LogP contribution in [0.3, 0.4) is 0 Å². The second-order valence-corrected chi connectivity index (χ2v) is 8.32. The molecule has 0 spiro atoms. The summed E-state index contributed by atoms with van der Waals surface area (Å²) in [5.41, 5.74) is 1.50. The summed E-state index contributed by atoms with van der Waals surface area (Å²) in [4.78, 5) is 37.9. The molecule has 0 radical (unpaired) electrons. The number of carbonyl (C=O) groups is 3. The maximum atomic E-state index is 14.4. The number of ether oxygens (including phenoxy) is 1. The first-order valence-electron chi connectivity index (χ1n) is 11.1. The van der Waals surface area contributed by atoms with Crippen molar-refractivity contribution in [2.45, 2.75) is 25.3 Å². The maximum Gasteiger partial charge on any atom is 0.326 e. The summed E-state index contributed by atoms with van der Waals surface area (Å²) < 4.78 is 33.6. The fourth-order valence-corrected chi connectivity index (χ4v) is 4.16. The van der Waals surface area contributed by atoms with E-state index in [-0.39, 0.29) is 18.6 Å². The van der Waals surface area contributed by atoms with E-state index < -0.39 is 35.3 Å². The van der Waals surface area contributed by atoms with Crippen LogP contribution in [0.1, 0.15) is 28.8 Å². The van der Waals surface area contributed by atoms with E-state index in [1.165, 1.54) is 41.3 Å². The molecule has 0 aliphatic carbocycles. The van der Waals surface area contributed by atoms with Crippen molar-refractivity contribution < 1.29 is 33.0 Å². The van der Waals surface area contributed by atoms with E-state index in [2.05, 4.69) is 0 Å². The van der Waals surface area contributed by atoms with Crippen LogP contribution in [-0.4, -0.2) is 46.9 Å². The quantitative estimate of drug-likeness (QED) is 0.481. The standard InChI is InChI=1S/C27H23F2NO5/c28-20-6-2-5-18(14-20)19-9-10-23(29)22(15-19)25(31)13-17-4-1-7-21(12-17)35-16-26(32)30-11-3-8-24(30)27(33)34/h1-2,4-7,9-10,12,14-15,24H,3,8,11,13,16H2,(H,33,34). The van der Waals surface area contributed by atoms with Gasteiger partial charge in [-0.2, -0.15) is 0 Å². The van der Waals surface area contributed by atoms with Gasteiger partial charge in [-0.05, 0) is 65.9 Å². The Labute approximate surface area is 200 Å². The van der Waals surface area contributed by atoms with Crippen molar-refractivity contribution in [2.24, 2.45) is 0 Å². The molecule has 0 bridgehead atoms. The number of carboxylic acids is 1. The van der Waals surface area contributed by atoms with Gasteiger partial charge in [0.2, 0.25) is 0 Å². The van der Waals surface area contributed by atoms with Crippen LogP contribution in [-0.2, 0) is 16.0 Å². The van der Waals surface area contributed by atoms with Gasteiger partial charge in [-0.15, -0.1) is 0 Å². The summed E-state index contributed by atoms with van der Waals surface area (Å²) in [6.45, 7) is 0.0411. The number of benzene rings is 3. The van der Waals surface area contributed by atoms with E-state index in [4.69, 9.17) is 4.74 Å². The van der Waals surface area contributed by atoms with Gasteiger partial charge in [0.05, 0.1) is 5.56 Å². The molecule has 1 amide bonds. The highest BCUT2D eigenvalue weighted by atomic mass is 19.1. The Morgan fingerprint density at radius 3 is 2.51 bits per heavy atom. The minimum atomic E-state index is -1.04. The summed E-state index contributed by atoms with van der Waals surface area (Å²) in [6, 6.07) is 15.6. The average molecular weight is 479 g/mol. The molecule has 1 atom stereocenters. The van der Waals surface area contributed by atoms with Gasteiger partial charge in [0, 0.05) is 13.0 Å². The first-order chi connectivity index (χ1) is 16.8. The van der Waals surface area contributed by atoms with Crippen LogP contribution in [0.25, 0.3) is 11.1 Å². The number of rotatable bonds is 8. The predicted octanol–water partition coefficient (Wildman–Crippen LogP) is 4.51. The highest BCUT2D eigenvalue weighted by molar-refractivity contribution is 5.99. The Kier molecular flexibility index (Phi) is 7.19. The molecular weight excluding hydrogens is 456 g/mol. The van der Waals surface area contributed by atoms with Crippen LogP contribution in [0.15, 0.2) is 66.7 Å². The zero-order valence-corrected chi connectivity index (χ0v) is 18.7.